The summed E-state index contributed by atoms with van der Waals surface area (Å²) in [7, 11) is 0. The van der Waals surface area contributed by atoms with E-state index >= 15 is 0 Å². The molecule has 5 heteroatoms. The van der Waals surface area contributed by atoms with E-state index in [1.54, 1.807) is 6.07 Å². The topological polar surface area (TPSA) is 68.5 Å². The highest BCUT2D eigenvalue weighted by molar-refractivity contribution is 5.96. The number of carbonyl (C=O) groups excluding carboxylic acids is 1. The van der Waals surface area contributed by atoms with Crippen molar-refractivity contribution in [1.82, 2.24) is 0 Å². The number of aryl methyl sites for hydroxylation is 2. The minimum absolute atomic E-state index is 0.150. The zero-order valence-corrected chi connectivity index (χ0v) is 17.7. The molecule has 4 rings (SSSR count). The summed E-state index contributed by atoms with van der Waals surface area (Å²) >= 11 is 0. The molecular weight excluding hydrogens is 390 g/mol. The lowest BCUT2D eigenvalue weighted by Crippen LogP contribution is -2.21. The normalized spacial score (nSPS) is 10.8. The van der Waals surface area contributed by atoms with Gasteiger partial charge in [-0.25, -0.2) is 4.79 Å². The summed E-state index contributed by atoms with van der Waals surface area (Å²) in [5.74, 6) is 0.240. The van der Waals surface area contributed by atoms with Crippen LogP contribution in [0.15, 0.2) is 75.9 Å². The van der Waals surface area contributed by atoms with Crippen LogP contribution in [0, 0.1) is 20.8 Å². The van der Waals surface area contributed by atoms with E-state index < -0.39 is 5.63 Å². The van der Waals surface area contributed by atoms with Crippen molar-refractivity contribution >= 4 is 22.6 Å². The molecule has 4 aromatic rings. The average molecular weight is 413 g/mol. The highest BCUT2D eigenvalue weighted by Crippen LogP contribution is 2.33. The Kier molecular flexibility index (Phi) is 5.58. The van der Waals surface area contributed by atoms with Crippen molar-refractivity contribution < 1.29 is 13.9 Å². The molecule has 3 aromatic carbocycles. The highest BCUT2D eigenvalue weighted by Gasteiger charge is 2.14. The summed E-state index contributed by atoms with van der Waals surface area (Å²) in [5.41, 5.74) is 5.32. The van der Waals surface area contributed by atoms with Gasteiger partial charge in [-0.15, -0.1) is 0 Å². The van der Waals surface area contributed by atoms with Gasteiger partial charge in [0, 0.05) is 22.7 Å². The number of benzene rings is 3. The Hall–Kier alpha value is -3.86. The first-order valence-electron chi connectivity index (χ1n) is 10.1. The molecule has 0 aliphatic rings. The van der Waals surface area contributed by atoms with E-state index in [-0.39, 0.29) is 12.5 Å². The second kappa shape index (κ2) is 8.48. The molecule has 1 amide bonds. The van der Waals surface area contributed by atoms with Gasteiger partial charge in [-0.2, -0.15) is 0 Å². The molecule has 0 saturated heterocycles. The molecule has 0 fully saturated rings. The van der Waals surface area contributed by atoms with Gasteiger partial charge in [0.05, 0.1) is 0 Å². The molecule has 5 nitrogen and oxygen atoms in total. The lowest BCUT2D eigenvalue weighted by molar-refractivity contribution is -0.118. The average Bonchev–Trinajstić information content (AvgIpc) is 2.77. The summed E-state index contributed by atoms with van der Waals surface area (Å²) in [5, 5.41) is 3.70. The smallest absolute Gasteiger partial charge is 0.336 e. The lowest BCUT2D eigenvalue weighted by atomic mass is 10.0. The van der Waals surface area contributed by atoms with Crippen molar-refractivity contribution in [2.45, 2.75) is 20.8 Å². The molecule has 156 valence electrons. The maximum absolute atomic E-state index is 12.4. The lowest BCUT2D eigenvalue weighted by Gasteiger charge is -2.13. The van der Waals surface area contributed by atoms with E-state index in [1.165, 1.54) is 6.07 Å². The van der Waals surface area contributed by atoms with E-state index in [4.69, 9.17) is 9.15 Å². The first-order chi connectivity index (χ1) is 14.9. The zero-order chi connectivity index (χ0) is 22.0. The Morgan fingerprint density at radius 3 is 2.48 bits per heavy atom. The molecule has 31 heavy (non-hydrogen) atoms. The van der Waals surface area contributed by atoms with Crippen molar-refractivity contribution in [1.29, 1.82) is 0 Å². The fourth-order valence-electron chi connectivity index (χ4n) is 3.57. The van der Waals surface area contributed by atoms with Crippen LogP contribution in [-0.4, -0.2) is 12.5 Å². The Morgan fingerprint density at radius 1 is 0.935 bits per heavy atom. The molecule has 0 aliphatic carbocycles. The van der Waals surface area contributed by atoms with Gasteiger partial charge in [-0.3, -0.25) is 4.79 Å². The molecule has 0 aliphatic heterocycles. The van der Waals surface area contributed by atoms with Crippen LogP contribution in [0.4, 0.5) is 5.69 Å². The molecule has 1 N–H and O–H groups in total. The van der Waals surface area contributed by atoms with Gasteiger partial charge in [0.1, 0.15) is 11.3 Å². The monoisotopic (exact) mass is 413 g/mol. The Bertz CT molecular complexity index is 1320. The number of anilines is 1. The SMILES string of the molecule is Cc1cccc(NC(=O)COc2ccc3c(-c4ccccc4)cc(=O)oc3c2C)c1C. The summed E-state index contributed by atoms with van der Waals surface area (Å²) in [6, 6.07) is 20.6. The Balaban J connectivity index is 1.59. The van der Waals surface area contributed by atoms with Gasteiger partial charge in [-0.1, -0.05) is 42.5 Å². The number of rotatable bonds is 5. The number of carbonyl (C=O) groups is 1. The van der Waals surface area contributed by atoms with Gasteiger partial charge >= 0.3 is 5.63 Å². The Morgan fingerprint density at radius 2 is 1.71 bits per heavy atom. The van der Waals surface area contributed by atoms with Crippen LogP contribution in [0.1, 0.15) is 16.7 Å². The van der Waals surface area contributed by atoms with Crippen LogP contribution < -0.4 is 15.7 Å². The van der Waals surface area contributed by atoms with E-state index in [9.17, 15) is 9.59 Å². The fourth-order valence-corrected chi connectivity index (χ4v) is 3.57. The summed E-state index contributed by atoms with van der Waals surface area (Å²) in [6.07, 6.45) is 0. The maximum atomic E-state index is 12.4. The van der Waals surface area contributed by atoms with Crippen molar-refractivity contribution in [3.8, 4) is 16.9 Å². The third-order valence-corrected chi connectivity index (χ3v) is 5.43. The van der Waals surface area contributed by atoms with E-state index in [1.807, 2.05) is 75.4 Å². The van der Waals surface area contributed by atoms with Crippen molar-refractivity contribution in [2.75, 3.05) is 11.9 Å². The minimum atomic E-state index is -0.431. The van der Waals surface area contributed by atoms with Crippen LogP contribution in [0.5, 0.6) is 5.75 Å². The number of nitrogens with one attached hydrogen (secondary N) is 1. The van der Waals surface area contributed by atoms with Crippen LogP contribution in [0.2, 0.25) is 0 Å². The molecular formula is C26H23NO4. The van der Waals surface area contributed by atoms with Crippen LogP contribution in [0.3, 0.4) is 0 Å². The first kappa shape index (κ1) is 20.4. The summed E-state index contributed by atoms with van der Waals surface area (Å²) in [6.45, 7) is 5.63. The van der Waals surface area contributed by atoms with Gasteiger partial charge in [0.15, 0.2) is 6.61 Å². The largest absolute Gasteiger partial charge is 0.483 e. The maximum Gasteiger partial charge on any atom is 0.336 e. The van der Waals surface area contributed by atoms with E-state index in [2.05, 4.69) is 5.32 Å². The molecule has 0 unspecified atom stereocenters. The van der Waals surface area contributed by atoms with Crippen molar-refractivity contribution in [3.05, 3.63) is 93.8 Å². The number of hydrogen-bond donors (Lipinski definition) is 1. The number of fused-ring (bicyclic) bond motifs is 1. The molecule has 1 heterocycles. The van der Waals surface area contributed by atoms with Gasteiger partial charge in [0.25, 0.3) is 5.91 Å². The Labute approximate surface area is 180 Å². The third kappa shape index (κ3) is 4.21. The molecule has 1 aromatic heterocycles. The second-order valence-electron chi connectivity index (χ2n) is 7.49. The van der Waals surface area contributed by atoms with Crippen molar-refractivity contribution in [3.63, 3.8) is 0 Å². The van der Waals surface area contributed by atoms with Crippen LogP contribution >= 0.6 is 0 Å². The molecule has 0 atom stereocenters. The minimum Gasteiger partial charge on any atom is -0.483 e. The first-order valence-corrected chi connectivity index (χ1v) is 10.1. The fraction of sp³-hybridized carbons (Fsp3) is 0.154. The number of hydrogen-bond acceptors (Lipinski definition) is 4. The third-order valence-electron chi connectivity index (χ3n) is 5.43. The quantitative estimate of drug-likeness (QED) is 0.445. The summed E-state index contributed by atoms with van der Waals surface area (Å²) in [4.78, 5) is 24.6. The van der Waals surface area contributed by atoms with Gasteiger partial charge in [0.2, 0.25) is 0 Å². The second-order valence-corrected chi connectivity index (χ2v) is 7.49. The van der Waals surface area contributed by atoms with E-state index in [0.717, 1.165) is 33.3 Å². The van der Waals surface area contributed by atoms with E-state index in [0.29, 0.717) is 16.9 Å². The van der Waals surface area contributed by atoms with Crippen LogP contribution in [0.25, 0.3) is 22.1 Å². The zero-order valence-electron chi connectivity index (χ0n) is 17.7. The number of ether oxygens (including phenoxy) is 1. The predicted octanol–water partition coefficient (Wildman–Crippen LogP) is 5.40. The molecule has 0 saturated carbocycles. The highest BCUT2D eigenvalue weighted by atomic mass is 16.5. The van der Waals surface area contributed by atoms with Gasteiger partial charge < -0.3 is 14.5 Å². The van der Waals surface area contributed by atoms with Crippen LogP contribution in [-0.2, 0) is 4.79 Å². The predicted molar refractivity (Wildman–Crippen MR) is 123 cm³/mol. The standard InChI is InChI=1S/C26H23NO4/c1-16-8-7-11-22(17(16)2)27-24(28)15-30-23-13-12-20-21(19-9-5-4-6-10-19)14-25(29)31-26(20)18(23)3/h4-14H,15H2,1-3H3,(H,27,28). The molecule has 0 spiro atoms. The van der Waals surface area contributed by atoms with Crippen molar-refractivity contribution in [2.24, 2.45) is 0 Å². The summed E-state index contributed by atoms with van der Waals surface area (Å²) < 4.78 is 11.3. The molecule has 0 bridgehead atoms. The molecule has 0 radical (unpaired) electrons. The van der Waals surface area contributed by atoms with Gasteiger partial charge in [-0.05, 0) is 61.2 Å². The number of amides is 1.